The molecule has 3 heterocycles. The summed E-state index contributed by atoms with van der Waals surface area (Å²) in [4.78, 5) is 31.1. The van der Waals surface area contributed by atoms with Crippen LogP contribution in [0, 0.1) is 6.92 Å². The number of aromatic nitrogens is 2. The van der Waals surface area contributed by atoms with Crippen molar-refractivity contribution in [1.29, 1.82) is 0 Å². The van der Waals surface area contributed by atoms with E-state index in [4.69, 9.17) is 14.0 Å². The van der Waals surface area contributed by atoms with E-state index in [1.54, 1.807) is 13.0 Å². The number of benzene rings is 2. The van der Waals surface area contributed by atoms with Gasteiger partial charge in [-0.2, -0.15) is 4.98 Å². The SMILES string of the molecule is Cc1ccc(-c2noc(CN3C(=O)N[C@](C)(Cc4ccc5c(c4)OCO5)C3=O)n2)cc1. The van der Waals surface area contributed by atoms with Crippen LogP contribution >= 0.6 is 0 Å². The van der Waals surface area contributed by atoms with Crippen LogP contribution in [-0.4, -0.2) is 39.3 Å². The number of rotatable bonds is 5. The first kappa shape index (κ1) is 19.1. The third-order valence-electron chi connectivity index (χ3n) is 5.41. The van der Waals surface area contributed by atoms with Gasteiger partial charge in [-0.15, -0.1) is 0 Å². The number of carbonyl (C=O) groups excluding carboxylic acids is 2. The molecule has 31 heavy (non-hydrogen) atoms. The topological polar surface area (TPSA) is 107 Å². The first-order valence-electron chi connectivity index (χ1n) is 9.83. The molecular formula is C22H20N4O5. The van der Waals surface area contributed by atoms with Crippen LogP contribution in [0.4, 0.5) is 4.79 Å². The Balaban J connectivity index is 1.31. The molecule has 0 bridgehead atoms. The lowest BCUT2D eigenvalue weighted by Crippen LogP contribution is -2.45. The minimum absolute atomic E-state index is 0.0970. The molecule has 9 heteroatoms. The number of nitrogens with zero attached hydrogens (tertiary/aromatic N) is 3. The molecule has 5 rings (SSSR count). The number of imide groups is 1. The molecule has 0 unspecified atom stereocenters. The van der Waals surface area contributed by atoms with Gasteiger partial charge in [0.2, 0.25) is 18.5 Å². The monoisotopic (exact) mass is 420 g/mol. The highest BCUT2D eigenvalue weighted by molar-refractivity contribution is 6.06. The fourth-order valence-corrected chi connectivity index (χ4v) is 3.74. The molecule has 2 aliphatic rings. The van der Waals surface area contributed by atoms with Crippen LogP contribution in [0.3, 0.4) is 0 Å². The van der Waals surface area contributed by atoms with E-state index >= 15 is 0 Å². The Morgan fingerprint density at radius 3 is 2.68 bits per heavy atom. The third-order valence-corrected chi connectivity index (χ3v) is 5.41. The molecule has 1 atom stereocenters. The molecule has 158 valence electrons. The Labute approximate surface area is 177 Å². The lowest BCUT2D eigenvalue weighted by atomic mass is 9.92. The van der Waals surface area contributed by atoms with Crippen LogP contribution in [0.1, 0.15) is 23.9 Å². The van der Waals surface area contributed by atoms with Gasteiger partial charge in [-0.05, 0) is 31.5 Å². The summed E-state index contributed by atoms with van der Waals surface area (Å²) in [5.41, 5.74) is 1.67. The molecule has 0 saturated carbocycles. The molecule has 9 nitrogen and oxygen atoms in total. The van der Waals surface area contributed by atoms with Crippen molar-refractivity contribution in [3.8, 4) is 22.9 Å². The average molecular weight is 420 g/mol. The highest BCUT2D eigenvalue weighted by atomic mass is 16.7. The van der Waals surface area contributed by atoms with E-state index in [9.17, 15) is 9.59 Å². The molecule has 1 saturated heterocycles. The number of carbonyl (C=O) groups is 2. The fraction of sp³-hybridized carbons (Fsp3) is 0.273. The summed E-state index contributed by atoms with van der Waals surface area (Å²) in [6.45, 7) is 3.77. The van der Waals surface area contributed by atoms with E-state index < -0.39 is 11.6 Å². The Morgan fingerprint density at radius 1 is 1.10 bits per heavy atom. The molecule has 1 fully saturated rings. The second kappa shape index (κ2) is 7.12. The molecular weight excluding hydrogens is 400 g/mol. The van der Waals surface area contributed by atoms with Gasteiger partial charge in [-0.1, -0.05) is 41.1 Å². The van der Waals surface area contributed by atoms with Gasteiger partial charge in [0, 0.05) is 12.0 Å². The minimum Gasteiger partial charge on any atom is -0.454 e. The van der Waals surface area contributed by atoms with Gasteiger partial charge in [-0.25, -0.2) is 4.79 Å². The summed E-state index contributed by atoms with van der Waals surface area (Å²) in [6.07, 6.45) is 0.309. The lowest BCUT2D eigenvalue weighted by Gasteiger charge is -2.21. The molecule has 0 spiro atoms. The van der Waals surface area contributed by atoms with E-state index in [0.29, 0.717) is 23.7 Å². The van der Waals surface area contributed by atoms with Crippen molar-refractivity contribution in [2.45, 2.75) is 32.4 Å². The van der Waals surface area contributed by atoms with Crippen LogP contribution in [0.2, 0.25) is 0 Å². The summed E-state index contributed by atoms with van der Waals surface area (Å²) in [7, 11) is 0. The van der Waals surface area contributed by atoms with Crippen LogP contribution in [-0.2, 0) is 17.8 Å². The highest BCUT2D eigenvalue weighted by Crippen LogP contribution is 2.34. The van der Waals surface area contributed by atoms with Crippen molar-refractivity contribution in [1.82, 2.24) is 20.4 Å². The summed E-state index contributed by atoms with van der Waals surface area (Å²) in [6, 6.07) is 12.7. The number of urea groups is 1. The average Bonchev–Trinajstić information content (AvgIpc) is 3.44. The van der Waals surface area contributed by atoms with E-state index in [-0.39, 0.29) is 25.1 Å². The fourth-order valence-electron chi connectivity index (χ4n) is 3.74. The van der Waals surface area contributed by atoms with Gasteiger partial charge < -0.3 is 19.3 Å². The molecule has 2 aromatic carbocycles. The zero-order chi connectivity index (χ0) is 21.6. The van der Waals surface area contributed by atoms with Gasteiger partial charge >= 0.3 is 6.03 Å². The van der Waals surface area contributed by atoms with Crippen LogP contribution in [0.15, 0.2) is 47.0 Å². The normalized spacial score (nSPS) is 19.7. The zero-order valence-electron chi connectivity index (χ0n) is 17.0. The van der Waals surface area contributed by atoms with Gasteiger partial charge in [0.1, 0.15) is 12.1 Å². The van der Waals surface area contributed by atoms with Crippen LogP contribution < -0.4 is 14.8 Å². The minimum atomic E-state index is -1.09. The molecule has 3 aromatic rings. The van der Waals surface area contributed by atoms with Gasteiger partial charge in [0.05, 0.1) is 0 Å². The number of hydrogen-bond donors (Lipinski definition) is 1. The second-order valence-electron chi connectivity index (χ2n) is 7.90. The number of ether oxygens (including phenoxy) is 2. The van der Waals surface area contributed by atoms with Crippen molar-refractivity contribution < 1.29 is 23.6 Å². The number of hydrogen-bond acceptors (Lipinski definition) is 7. The summed E-state index contributed by atoms with van der Waals surface area (Å²) in [5, 5.41) is 6.75. The Kier molecular flexibility index (Phi) is 4.39. The zero-order valence-corrected chi connectivity index (χ0v) is 17.0. The lowest BCUT2D eigenvalue weighted by molar-refractivity contribution is -0.131. The van der Waals surface area contributed by atoms with Crippen LogP contribution in [0.5, 0.6) is 11.5 Å². The van der Waals surface area contributed by atoms with E-state index in [1.807, 2.05) is 43.3 Å². The third kappa shape index (κ3) is 3.48. The molecule has 1 N–H and O–H groups in total. The first-order valence-corrected chi connectivity index (χ1v) is 9.83. The molecule has 2 aliphatic heterocycles. The molecule has 3 amide bonds. The number of fused-ring (bicyclic) bond motifs is 1. The Morgan fingerprint density at radius 2 is 1.87 bits per heavy atom. The molecule has 1 aromatic heterocycles. The summed E-state index contributed by atoms with van der Waals surface area (Å²) >= 11 is 0. The quantitative estimate of drug-likeness (QED) is 0.633. The van der Waals surface area contributed by atoms with Crippen molar-refractivity contribution in [3.05, 3.63) is 59.5 Å². The highest BCUT2D eigenvalue weighted by Gasteiger charge is 2.48. The smallest absolute Gasteiger partial charge is 0.325 e. The van der Waals surface area contributed by atoms with Gasteiger partial charge in [0.15, 0.2) is 11.5 Å². The second-order valence-corrected chi connectivity index (χ2v) is 7.90. The number of nitrogens with one attached hydrogen (secondary N) is 1. The number of amides is 3. The predicted molar refractivity (Wildman–Crippen MR) is 108 cm³/mol. The van der Waals surface area contributed by atoms with Crippen molar-refractivity contribution in [2.75, 3.05) is 6.79 Å². The van der Waals surface area contributed by atoms with Crippen molar-refractivity contribution >= 4 is 11.9 Å². The van der Waals surface area contributed by atoms with Gasteiger partial charge in [0.25, 0.3) is 5.91 Å². The largest absolute Gasteiger partial charge is 0.454 e. The van der Waals surface area contributed by atoms with Crippen molar-refractivity contribution in [2.24, 2.45) is 0 Å². The molecule has 0 aliphatic carbocycles. The van der Waals surface area contributed by atoms with Gasteiger partial charge in [-0.3, -0.25) is 9.69 Å². The molecule has 0 radical (unpaired) electrons. The Hall–Kier alpha value is -3.88. The predicted octanol–water partition coefficient (Wildman–Crippen LogP) is 2.83. The Bertz CT molecular complexity index is 1170. The van der Waals surface area contributed by atoms with Crippen molar-refractivity contribution in [3.63, 3.8) is 0 Å². The maximum atomic E-state index is 13.1. The van der Waals surface area contributed by atoms with E-state index in [2.05, 4.69) is 15.5 Å². The van der Waals surface area contributed by atoms with E-state index in [1.165, 1.54) is 0 Å². The van der Waals surface area contributed by atoms with E-state index in [0.717, 1.165) is 21.6 Å². The first-order chi connectivity index (χ1) is 14.9. The maximum Gasteiger partial charge on any atom is 0.325 e. The van der Waals surface area contributed by atoms with Crippen LogP contribution in [0.25, 0.3) is 11.4 Å². The number of aryl methyl sites for hydroxylation is 1. The maximum absolute atomic E-state index is 13.1. The standard InChI is InChI=1S/C22H20N4O5/c1-13-3-6-15(7-4-13)19-23-18(31-25-19)11-26-20(27)22(2,24-21(26)28)10-14-5-8-16-17(9-14)30-12-29-16/h3-9H,10-12H2,1-2H3,(H,24,28)/t22-/m1/s1. The summed E-state index contributed by atoms with van der Waals surface area (Å²) < 4.78 is 16.0. The summed E-state index contributed by atoms with van der Waals surface area (Å²) in [5.74, 6) is 1.53.